The summed E-state index contributed by atoms with van der Waals surface area (Å²) in [6, 6.07) is 9.32. The number of nitrogens with zero attached hydrogens (tertiary/aromatic N) is 3. The average molecular weight is 432 g/mol. The van der Waals surface area contributed by atoms with Crippen LogP contribution in [0.5, 0.6) is 0 Å². The highest BCUT2D eigenvalue weighted by Gasteiger charge is 2.31. The van der Waals surface area contributed by atoms with Crippen molar-refractivity contribution in [3.63, 3.8) is 0 Å². The number of esters is 1. The second kappa shape index (κ2) is 8.99. The van der Waals surface area contributed by atoms with Gasteiger partial charge in [0.2, 0.25) is 0 Å². The molecule has 0 radical (unpaired) electrons. The highest BCUT2D eigenvalue weighted by Crippen LogP contribution is 2.28. The number of pyridine rings is 1. The van der Waals surface area contributed by atoms with Crippen LogP contribution in [0.4, 0.5) is 18.9 Å². The number of anilines is 1. The van der Waals surface area contributed by atoms with Crippen LogP contribution >= 0.6 is 0 Å². The molecule has 0 unspecified atom stereocenters. The molecule has 31 heavy (non-hydrogen) atoms. The van der Waals surface area contributed by atoms with E-state index in [0.717, 1.165) is 24.1 Å². The van der Waals surface area contributed by atoms with Gasteiger partial charge >= 0.3 is 12.1 Å². The molecule has 1 N–H and O–H groups in total. The number of halogens is 3. The Bertz CT molecular complexity index is 1090. The van der Waals surface area contributed by atoms with Crippen molar-refractivity contribution in [2.24, 2.45) is 0 Å². The van der Waals surface area contributed by atoms with E-state index in [4.69, 9.17) is 4.74 Å². The van der Waals surface area contributed by atoms with Gasteiger partial charge in [-0.2, -0.15) is 18.3 Å². The Kier molecular flexibility index (Phi) is 6.38. The number of carbonyl (C=O) groups excluding carboxylic acids is 2. The van der Waals surface area contributed by atoms with Crippen molar-refractivity contribution in [2.45, 2.75) is 26.4 Å². The molecule has 0 atom stereocenters. The Hall–Kier alpha value is -3.69. The van der Waals surface area contributed by atoms with Crippen LogP contribution in [0, 0.1) is 6.92 Å². The van der Waals surface area contributed by atoms with Gasteiger partial charge in [0.1, 0.15) is 5.56 Å². The number of alkyl halides is 3. The molecule has 162 valence electrons. The second-order valence-corrected chi connectivity index (χ2v) is 6.64. The van der Waals surface area contributed by atoms with Gasteiger partial charge in [0.25, 0.3) is 5.91 Å². The third kappa shape index (κ3) is 5.27. The summed E-state index contributed by atoms with van der Waals surface area (Å²) in [6.07, 6.45) is -1.79. The van der Waals surface area contributed by atoms with Gasteiger partial charge in [-0.3, -0.25) is 4.79 Å². The number of hydrogen-bond acceptors (Lipinski definition) is 5. The van der Waals surface area contributed by atoms with Gasteiger partial charge in [0.15, 0.2) is 12.4 Å². The van der Waals surface area contributed by atoms with E-state index in [-0.39, 0.29) is 11.4 Å². The number of nitrogens with one attached hydrogen (secondary N) is 1. The Balaban J connectivity index is 1.64. The molecule has 0 fully saturated rings. The van der Waals surface area contributed by atoms with Crippen LogP contribution in [-0.2, 0) is 22.1 Å². The van der Waals surface area contributed by atoms with E-state index in [1.807, 2.05) is 25.1 Å². The lowest BCUT2D eigenvalue weighted by Crippen LogP contribution is -2.21. The van der Waals surface area contributed by atoms with Gasteiger partial charge in [-0.1, -0.05) is 19.1 Å². The summed E-state index contributed by atoms with van der Waals surface area (Å²) >= 11 is 0. The summed E-state index contributed by atoms with van der Waals surface area (Å²) in [5.74, 6) is -1.18. The molecule has 0 bridgehead atoms. The number of aryl methyl sites for hydroxylation is 1. The van der Waals surface area contributed by atoms with E-state index in [1.165, 1.54) is 10.9 Å². The molecule has 2 heterocycles. The van der Waals surface area contributed by atoms with Crippen LogP contribution in [-0.4, -0.2) is 33.2 Å². The number of hydrogen-bond donors (Lipinski definition) is 1. The number of rotatable bonds is 6. The predicted octanol–water partition coefficient (Wildman–Crippen LogP) is 3.95. The lowest BCUT2D eigenvalue weighted by Gasteiger charge is -2.09. The predicted molar refractivity (Wildman–Crippen MR) is 106 cm³/mol. The fourth-order valence-electron chi connectivity index (χ4n) is 2.79. The zero-order chi connectivity index (χ0) is 22.6. The van der Waals surface area contributed by atoms with Crippen molar-refractivity contribution in [3.8, 4) is 5.82 Å². The first-order chi connectivity index (χ1) is 14.7. The number of carbonyl (C=O) groups is 2. The molecule has 3 rings (SSSR count). The lowest BCUT2D eigenvalue weighted by atomic mass is 10.1. The molecule has 0 aliphatic rings. The van der Waals surface area contributed by atoms with E-state index < -0.39 is 30.2 Å². The van der Waals surface area contributed by atoms with Gasteiger partial charge in [-0.05, 0) is 43.2 Å². The van der Waals surface area contributed by atoms with E-state index in [0.29, 0.717) is 17.6 Å². The summed E-state index contributed by atoms with van der Waals surface area (Å²) in [7, 11) is 0. The minimum absolute atomic E-state index is 0.0717. The first kappa shape index (κ1) is 22.0. The van der Waals surface area contributed by atoms with Gasteiger partial charge in [0.05, 0.1) is 17.5 Å². The number of aromatic nitrogens is 3. The van der Waals surface area contributed by atoms with Gasteiger partial charge in [0, 0.05) is 11.9 Å². The highest BCUT2D eigenvalue weighted by molar-refractivity contribution is 5.95. The van der Waals surface area contributed by atoms with Crippen LogP contribution in [0.1, 0.15) is 34.1 Å². The van der Waals surface area contributed by atoms with E-state index >= 15 is 0 Å². The molecule has 0 spiro atoms. The summed E-state index contributed by atoms with van der Waals surface area (Å²) in [6.45, 7) is 3.03. The van der Waals surface area contributed by atoms with Crippen molar-refractivity contribution in [3.05, 3.63) is 71.2 Å². The monoisotopic (exact) mass is 432 g/mol. The van der Waals surface area contributed by atoms with Crippen LogP contribution in [0.25, 0.3) is 5.82 Å². The van der Waals surface area contributed by atoms with Crippen molar-refractivity contribution < 1.29 is 27.5 Å². The van der Waals surface area contributed by atoms with Crippen LogP contribution < -0.4 is 5.32 Å². The van der Waals surface area contributed by atoms with Crippen molar-refractivity contribution >= 4 is 17.6 Å². The van der Waals surface area contributed by atoms with Gasteiger partial charge in [-0.25, -0.2) is 14.5 Å². The first-order valence-electron chi connectivity index (χ1n) is 9.33. The molecule has 0 saturated carbocycles. The molecule has 7 nitrogen and oxygen atoms in total. The van der Waals surface area contributed by atoms with Gasteiger partial charge < -0.3 is 10.1 Å². The summed E-state index contributed by atoms with van der Waals surface area (Å²) in [5, 5.41) is 6.63. The maximum Gasteiger partial charge on any atom is 0.417 e. The topological polar surface area (TPSA) is 86.1 Å². The molecule has 0 aliphatic heterocycles. The third-order valence-electron chi connectivity index (χ3n) is 4.48. The second-order valence-electron chi connectivity index (χ2n) is 6.64. The molecule has 0 aliphatic carbocycles. The third-order valence-corrected chi connectivity index (χ3v) is 4.48. The summed E-state index contributed by atoms with van der Waals surface area (Å²) < 4.78 is 44.3. The molecule has 1 amide bonds. The van der Waals surface area contributed by atoms with Crippen molar-refractivity contribution in [1.82, 2.24) is 14.8 Å². The standard InChI is InChI=1S/C21H19F3N4O3/c1-3-14-5-4-6-16(9-14)27-19(29)12-31-20(30)17-11-26-28(13(17)2)18-8-7-15(10-25-18)21(22,23)24/h4-11H,3,12H2,1-2H3,(H,27,29). The van der Waals surface area contributed by atoms with E-state index in [9.17, 15) is 22.8 Å². The van der Waals surface area contributed by atoms with Crippen LogP contribution in [0.3, 0.4) is 0 Å². The summed E-state index contributed by atoms with van der Waals surface area (Å²) in [4.78, 5) is 28.1. The minimum Gasteiger partial charge on any atom is -0.452 e. The lowest BCUT2D eigenvalue weighted by molar-refractivity contribution is -0.137. The normalized spacial score (nSPS) is 11.3. The Morgan fingerprint density at radius 1 is 1.16 bits per heavy atom. The number of benzene rings is 1. The minimum atomic E-state index is -4.50. The first-order valence-corrected chi connectivity index (χ1v) is 9.33. The molecule has 3 aromatic rings. The fraction of sp³-hybridized carbons (Fsp3) is 0.238. The molecule has 1 aromatic carbocycles. The average Bonchev–Trinajstić information content (AvgIpc) is 3.13. The van der Waals surface area contributed by atoms with Crippen molar-refractivity contribution in [1.29, 1.82) is 0 Å². The molecular formula is C21H19F3N4O3. The highest BCUT2D eigenvalue weighted by atomic mass is 19.4. The Morgan fingerprint density at radius 3 is 2.58 bits per heavy atom. The zero-order valence-corrected chi connectivity index (χ0v) is 16.7. The molecule has 2 aromatic heterocycles. The smallest absolute Gasteiger partial charge is 0.417 e. The largest absolute Gasteiger partial charge is 0.452 e. The fourth-order valence-corrected chi connectivity index (χ4v) is 2.79. The van der Waals surface area contributed by atoms with E-state index in [1.54, 1.807) is 13.0 Å². The number of amides is 1. The summed E-state index contributed by atoms with van der Waals surface area (Å²) in [5.41, 5.74) is 1.14. The Morgan fingerprint density at radius 2 is 1.94 bits per heavy atom. The SMILES string of the molecule is CCc1cccc(NC(=O)COC(=O)c2cnn(-c3ccc(C(F)(F)F)cn3)c2C)c1. The molecule has 0 saturated heterocycles. The zero-order valence-electron chi connectivity index (χ0n) is 16.7. The number of ether oxygens (including phenoxy) is 1. The quantitative estimate of drug-likeness (QED) is 0.596. The maximum absolute atomic E-state index is 12.7. The molecule has 10 heteroatoms. The van der Waals surface area contributed by atoms with Crippen LogP contribution in [0.15, 0.2) is 48.8 Å². The molecular weight excluding hydrogens is 413 g/mol. The van der Waals surface area contributed by atoms with E-state index in [2.05, 4.69) is 15.4 Å². The van der Waals surface area contributed by atoms with Crippen molar-refractivity contribution in [2.75, 3.05) is 11.9 Å². The Labute approximate surface area is 175 Å². The van der Waals surface area contributed by atoms with Crippen LogP contribution in [0.2, 0.25) is 0 Å². The van der Waals surface area contributed by atoms with Gasteiger partial charge in [-0.15, -0.1) is 0 Å². The maximum atomic E-state index is 12.7.